The number of ether oxygens (including phenoxy) is 1. The summed E-state index contributed by atoms with van der Waals surface area (Å²) in [5, 5.41) is 6.10. The van der Waals surface area contributed by atoms with E-state index in [1.54, 1.807) is 6.92 Å². The third-order valence-electron chi connectivity index (χ3n) is 4.24. The topological polar surface area (TPSA) is 64.4 Å². The van der Waals surface area contributed by atoms with E-state index in [1.165, 1.54) is 0 Å². The van der Waals surface area contributed by atoms with Gasteiger partial charge in [-0.05, 0) is 56.2 Å². The molecule has 1 amide bonds. The lowest BCUT2D eigenvalue weighted by Gasteiger charge is -2.09. The van der Waals surface area contributed by atoms with E-state index in [0.29, 0.717) is 23.1 Å². The fourth-order valence-corrected chi connectivity index (χ4v) is 2.47. The van der Waals surface area contributed by atoms with Gasteiger partial charge in [-0.2, -0.15) is 0 Å². The molecule has 1 aromatic heterocycles. The number of hydrogen-bond donors (Lipinski definition) is 1. The van der Waals surface area contributed by atoms with Crippen LogP contribution in [0.25, 0.3) is 0 Å². The average molecular weight is 372 g/mol. The fourth-order valence-electron chi connectivity index (χ4n) is 2.47. The number of anilines is 1. The second-order valence-corrected chi connectivity index (χ2v) is 6.18. The highest BCUT2D eigenvalue weighted by molar-refractivity contribution is 6.03. The summed E-state index contributed by atoms with van der Waals surface area (Å²) >= 11 is 0. The molecular formula is C20H18F2N2O3. The Labute approximate surface area is 154 Å². The van der Waals surface area contributed by atoms with Gasteiger partial charge in [0.05, 0.1) is 11.3 Å². The SMILES string of the molecule is Cc1ccc(OCc2c(C(=O)Nc3ccc(F)cc3F)noc2C)cc1C. The molecule has 0 fully saturated rings. The van der Waals surface area contributed by atoms with E-state index in [2.05, 4.69) is 10.5 Å². The molecular weight excluding hydrogens is 354 g/mol. The summed E-state index contributed by atoms with van der Waals surface area (Å²) in [6.45, 7) is 5.69. The molecule has 0 radical (unpaired) electrons. The Morgan fingerprint density at radius 3 is 2.59 bits per heavy atom. The number of carbonyl (C=O) groups excluding carboxylic acids is 1. The fraction of sp³-hybridized carbons (Fsp3) is 0.200. The lowest BCUT2D eigenvalue weighted by atomic mass is 10.1. The van der Waals surface area contributed by atoms with E-state index in [4.69, 9.17) is 9.26 Å². The van der Waals surface area contributed by atoms with Crippen molar-refractivity contribution in [1.29, 1.82) is 0 Å². The van der Waals surface area contributed by atoms with Crippen molar-refractivity contribution in [3.8, 4) is 5.75 Å². The van der Waals surface area contributed by atoms with Crippen molar-refractivity contribution >= 4 is 11.6 Å². The van der Waals surface area contributed by atoms with Crippen LogP contribution < -0.4 is 10.1 Å². The smallest absolute Gasteiger partial charge is 0.278 e. The first kappa shape index (κ1) is 18.6. The van der Waals surface area contributed by atoms with Gasteiger partial charge in [0, 0.05) is 6.07 Å². The Balaban J connectivity index is 1.77. The first-order valence-electron chi connectivity index (χ1n) is 8.26. The zero-order valence-corrected chi connectivity index (χ0v) is 15.1. The molecule has 2 aromatic carbocycles. The minimum absolute atomic E-state index is 0.0138. The molecule has 7 heteroatoms. The standard InChI is InChI=1S/C20H18F2N2O3/c1-11-4-6-15(8-12(11)2)26-10-16-13(3)27-24-19(16)20(25)23-18-7-5-14(21)9-17(18)22/h4-9H,10H2,1-3H3,(H,23,25). The van der Waals surface area contributed by atoms with Crippen LogP contribution in [-0.2, 0) is 6.61 Å². The molecule has 0 saturated heterocycles. The Morgan fingerprint density at radius 1 is 1.11 bits per heavy atom. The molecule has 140 valence electrons. The van der Waals surface area contributed by atoms with Crippen LogP contribution in [0.2, 0.25) is 0 Å². The van der Waals surface area contributed by atoms with Crippen molar-refractivity contribution in [2.45, 2.75) is 27.4 Å². The molecule has 0 aliphatic heterocycles. The molecule has 0 saturated carbocycles. The molecule has 0 aliphatic rings. The molecule has 0 aliphatic carbocycles. The van der Waals surface area contributed by atoms with Gasteiger partial charge in [0.1, 0.15) is 29.8 Å². The zero-order valence-electron chi connectivity index (χ0n) is 15.1. The lowest BCUT2D eigenvalue weighted by Crippen LogP contribution is -2.16. The summed E-state index contributed by atoms with van der Waals surface area (Å²) in [6.07, 6.45) is 0. The Hall–Kier alpha value is -3.22. The van der Waals surface area contributed by atoms with Crippen molar-refractivity contribution in [3.63, 3.8) is 0 Å². The molecule has 0 bridgehead atoms. The van der Waals surface area contributed by atoms with Crippen LogP contribution in [0.15, 0.2) is 40.9 Å². The molecule has 0 atom stereocenters. The van der Waals surface area contributed by atoms with E-state index in [1.807, 2.05) is 32.0 Å². The summed E-state index contributed by atoms with van der Waals surface area (Å²) in [4.78, 5) is 12.4. The van der Waals surface area contributed by atoms with Gasteiger partial charge >= 0.3 is 0 Å². The van der Waals surface area contributed by atoms with Gasteiger partial charge in [0.25, 0.3) is 5.91 Å². The van der Waals surface area contributed by atoms with Crippen molar-refractivity contribution in [2.24, 2.45) is 0 Å². The quantitative estimate of drug-likeness (QED) is 0.704. The number of amides is 1. The number of carbonyl (C=O) groups is 1. The van der Waals surface area contributed by atoms with Gasteiger partial charge < -0.3 is 14.6 Å². The zero-order chi connectivity index (χ0) is 19.6. The number of aromatic nitrogens is 1. The lowest BCUT2D eigenvalue weighted by molar-refractivity contribution is 0.101. The highest BCUT2D eigenvalue weighted by atomic mass is 19.1. The number of halogens is 2. The van der Waals surface area contributed by atoms with Crippen molar-refractivity contribution < 1.29 is 22.8 Å². The van der Waals surface area contributed by atoms with Crippen molar-refractivity contribution in [3.05, 3.63) is 76.2 Å². The monoisotopic (exact) mass is 372 g/mol. The first-order valence-corrected chi connectivity index (χ1v) is 8.26. The van der Waals surface area contributed by atoms with Gasteiger partial charge in [0.2, 0.25) is 0 Å². The van der Waals surface area contributed by atoms with Gasteiger partial charge in [-0.25, -0.2) is 8.78 Å². The van der Waals surface area contributed by atoms with E-state index < -0.39 is 17.5 Å². The van der Waals surface area contributed by atoms with Crippen LogP contribution >= 0.6 is 0 Å². The first-order chi connectivity index (χ1) is 12.8. The van der Waals surface area contributed by atoms with Crippen molar-refractivity contribution in [1.82, 2.24) is 5.16 Å². The van der Waals surface area contributed by atoms with Gasteiger partial charge in [-0.15, -0.1) is 0 Å². The van der Waals surface area contributed by atoms with E-state index in [0.717, 1.165) is 23.3 Å². The Kier molecular flexibility index (Phi) is 5.21. The molecule has 3 aromatic rings. The number of nitrogens with one attached hydrogen (secondary N) is 1. The normalized spacial score (nSPS) is 10.7. The predicted molar refractivity (Wildman–Crippen MR) is 95.8 cm³/mol. The Morgan fingerprint density at radius 2 is 1.89 bits per heavy atom. The van der Waals surface area contributed by atoms with Crippen LogP contribution in [0.1, 0.15) is 32.9 Å². The maximum atomic E-state index is 13.7. The number of rotatable bonds is 5. The second kappa shape index (κ2) is 7.57. The van der Waals surface area contributed by atoms with Crippen LogP contribution in [0.4, 0.5) is 14.5 Å². The highest BCUT2D eigenvalue weighted by Gasteiger charge is 2.21. The largest absolute Gasteiger partial charge is 0.489 e. The maximum Gasteiger partial charge on any atom is 0.278 e. The van der Waals surface area contributed by atoms with E-state index >= 15 is 0 Å². The minimum atomic E-state index is -0.878. The van der Waals surface area contributed by atoms with E-state index in [9.17, 15) is 13.6 Å². The summed E-state index contributed by atoms with van der Waals surface area (Å²) in [5.74, 6) is -1.21. The summed E-state index contributed by atoms with van der Waals surface area (Å²) in [7, 11) is 0. The van der Waals surface area contributed by atoms with Gasteiger partial charge in [-0.3, -0.25) is 4.79 Å². The summed E-state index contributed by atoms with van der Waals surface area (Å²) < 4.78 is 37.6. The average Bonchev–Trinajstić information content (AvgIpc) is 2.99. The highest BCUT2D eigenvalue weighted by Crippen LogP contribution is 2.22. The number of nitrogens with zero attached hydrogens (tertiary/aromatic N) is 1. The number of hydrogen-bond acceptors (Lipinski definition) is 4. The van der Waals surface area contributed by atoms with Gasteiger partial charge in [-0.1, -0.05) is 11.2 Å². The molecule has 0 spiro atoms. The third-order valence-corrected chi connectivity index (χ3v) is 4.24. The molecule has 1 heterocycles. The molecule has 5 nitrogen and oxygen atoms in total. The number of benzene rings is 2. The molecule has 27 heavy (non-hydrogen) atoms. The minimum Gasteiger partial charge on any atom is -0.489 e. The molecule has 0 unspecified atom stereocenters. The van der Waals surface area contributed by atoms with Crippen LogP contribution in [-0.4, -0.2) is 11.1 Å². The number of aryl methyl sites for hydroxylation is 3. The third kappa shape index (κ3) is 4.13. The maximum absolute atomic E-state index is 13.7. The summed E-state index contributed by atoms with van der Waals surface area (Å²) in [6, 6.07) is 8.55. The van der Waals surface area contributed by atoms with E-state index in [-0.39, 0.29) is 18.0 Å². The second-order valence-electron chi connectivity index (χ2n) is 6.18. The predicted octanol–water partition coefficient (Wildman–Crippen LogP) is 4.71. The molecule has 3 rings (SSSR count). The molecule has 1 N–H and O–H groups in total. The van der Waals surface area contributed by atoms with Crippen LogP contribution in [0, 0.1) is 32.4 Å². The van der Waals surface area contributed by atoms with Crippen molar-refractivity contribution in [2.75, 3.05) is 5.32 Å². The van der Waals surface area contributed by atoms with Crippen LogP contribution in [0.3, 0.4) is 0 Å². The summed E-state index contributed by atoms with van der Waals surface area (Å²) in [5.41, 5.74) is 2.51. The Bertz CT molecular complexity index is 999. The van der Waals surface area contributed by atoms with Crippen LogP contribution in [0.5, 0.6) is 5.75 Å². The van der Waals surface area contributed by atoms with Gasteiger partial charge in [0.15, 0.2) is 5.69 Å².